The van der Waals surface area contributed by atoms with Crippen LogP contribution in [0.2, 0.25) is 0 Å². The fraction of sp³-hybridized carbons (Fsp3) is 0.933. The lowest BCUT2D eigenvalue weighted by Crippen LogP contribution is -2.43. The molecule has 4 nitrogen and oxygen atoms in total. The molecule has 3 N–H and O–H groups in total. The van der Waals surface area contributed by atoms with Crippen LogP contribution in [0, 0.1) is 5.92 Å². The summed E-state index contributed by atoms with van der Waals surface area (Å²) in [6.45, 7) is 9.49. The van der Waals surface area contributed by atoms with Crippen LogP contribution in [0.1, 0.15) is 52.9 Å². The predicted molar refractivity (Wildman–Crippen MR) is 79.9 cm³/mol. The highest BCUT2D eigenvalue weighted by Crippen LogP contribution is 2.11. The number of rotatable bonds is 8. The Labute approximate surface area is 118 Å². The Morgan fingerprint density at radius 1 is 1.21 bits per heavy atom. The van der Waals surface area contributed by atoms with Crippen LogP contribution in [0.3, 0.4) is 0 Å². The third kappa shape index (κ3) is 6.92. The Balaban J connectivity index is 2.16. The average Bonchev–Trinajstić information content (AvgIpc) is 2.80. The summed E-state index contributed by atoms with van der Waals surface area (Å²) in [5.41, 5.74) is 5.72. The predicted octanol–water partition coefficient (Wildman–Crippen LogP) is 1.74. The fourth-order valence-corrected chi connectivity index (χ4v) is 2.66. The number of hydrogen-bond acceptors (Lipinski definition) is 3. The van der Waals surface area contributed by atoms with E-state index in [-0.39, 0.29) is 23.9 Å². The molecule has 1 amide bonds. The Kier molecular flexibility index (Phi) is 7.39. The van der Waals surface area contributed by atoms with Gasteiger partial charge in [-0.15, -0.1) is 0 Å². The summed E-state index contributed by atoms with van der Waals surface area (Å²) in [5.74, 6) is 0.288. The number of nitrogens with two attached hydrogens (primary N) is 1. The maximum absolute atomic E-state index is 12.0. The van der Waals surface area contributed by atoms with Gasteiger partial charge in [-0.25, -0.2) is 0 Å². The third-order valence-corrected chi connectivity index (χ3v) is 3.86. The Morgan fingerprint density at radius 2 is 1.84 bits per heavy atom. The van der Waals surface area contributed by atoms with Crippen molar-refractivity contribution in [3.8, 4) is 0 Å². The molecule has 19 heavy (non-hydrogen) atoms. The molecule has 1 aliphatic rings. The molecule has 1 fully saturated rings. The molecule has 112 valence electrons. The first-order valence-electron chi connectivity index (χ1n) is 7.77. The lowest BCUT2D eigenvalue weighted by Gasteiger charge is -2.22. The number of nitrogens with one attached hydrogen (secondary N) is 1. The topological polar surface area (TPSA) is 58.4 Å². The Morgan fingerprint density at radius 3 is 2.42 bits per heavy atom. The maximum atomic E-state index is 12.0. The van der Waals surface area contributed by atoms with E-state index in [1.54, 1.807) is 0 Å². The smallest absolute Gasteiger partial charge is 0.223 e. The zero-order valence-corrected chi connectivity index (χ0v) is 12.8. The number of hydrogen-bond donors (Lipinski definition) is 2. The minimum atomic E-state index is 0.0970. The van der Waals surface area contributed by atoms with Crippen molar-refractivity contribution in [2.24, 2.45) is 11.7 Å². The number of amides is 1. The largest absolute Gasteiger partial charge is 0.352 e. The van der Waals surface area contributed by atoms with E-state index in [0.717, 1.165) is 25.8 Å². The number of carbonyl (C=O) groups is 1. The molecule has 0 aromatic rings. The summed E-state index contributed by atoms with van der Waals surface area (Å²) in [7, 11) is 0. The van der Waals surface area contributed by atoms with E-state index in [9.17, 15) is 4.79 Å². The van der Waals surface area contributed by atoms with E-state index in [4.69, 9.17) is 5.73 Å². The molecule has 0 aromatic carbocycles. The van der Waals surface area contributed by atoms with Crippen molar-refractivity contribution in [1.29, 1.82) is 0 Å². The lowest BCUT2D eigenvalue weighted by molar-refractivity contribution is -0.125. The van der Waals surface area contributed by atoms with Gasteiger partial charge >= 0.3 is 0 Å². The van der Waals surface area contributed by atoms with Crippen molar-refractivity contribution in [3.63, 3.8) is 0 Å². The van der Waals surface area contributed by atoms with Crippen molar-refractivity contribution in [1.82, 2.24) is 10.2 Å². The van der Waals surface area contributed by atoms with Crippen LogP contribution in [0.25, 0.3) is 0 Å². The van der Waals surface area contributed by atoms with Gasteiger partial charge in [0.15, 0.2) is 0 Å². The molecule has 1 aliphatic heterocycles. The standard InChI is InChI=1S/C15H31N3O/c1-12(7-6-8-13(2)16)15(19)17-14(3)11-18-9-4-5-10-18/h12-14H,4-11,16H2,1-3H3,(H,17,19). The number of carbonyl (C=O) groups excluding carboxylic acids is 1. The van der Waals surface area contributed by atoms with Crippen molar-refractivity contribution < 1.29 is 4.79 Å². The van der Waals surface area contributed by atoms with Crippen molar-refractivity contribution in [3.05, 3.63) is 0 Å². The molecular formula is C15H31N3O. The molecule has 0 radical (unpaired) electrons. The third-order valence-electron chi connectivity index (χ3n) is 3.86. The highest BCUT2D eigenvalue weighted by Gasteiger charge is 2.18. The minimum absolute atomic E-state index is 0.0970. The number of likely N-dealkylation sites (tertiary alicyclic amines) is 1. The molecule has 1 saturated heterocycles. The van der Waals surface area contributed by atoms with E-state index < -0.39 is 0 Å². The first-order valence-corrected chi connectivity index (χ1v) is 7.77. The van der Waals surface area contributed by atoms with Gasteiger partial charge in [-0.1, -0.05) is 13.3 Å². The zero-order valence-electron chi connectivity index (χ0n) is 12.8. The van der Waals surface area contributed by atoms with Crippen LogP contribution in [0.4, 0.5) is 0 Å². The van der Waals surface area contributed by atoms with Crippen LogP contribution in [-0.4, -0.2) is 42.5 Å². The van der Waals surface area contributed by atoms with Crippen molar-refractivity contribution >= 4 is 5.91 Å². The van der Waals surface area contributed by atoms with Crippen LogP contribution in [-0.2, 0) is 4.79 Å². The van der Waals surface area contributed by atoms with Crippen LogP contribution >= 0.6 is 0 Å². The van der Waals surface area contributed by atoms with Gasteiger partial charge in [0.25, 0.3) is 0 Å². The van der Waals surface area contributed by atoms with Crippen LogP contribution in [0.15, 0.2) is 0 Å². The quantitative estimate of drug-likeness (QED) is 0.705. The first-order chi connectivity index (χ1) is 8.99. The van der Waals surface area contributed by atoms with Crippen molar-refractivity contribution in [2.45, 2.75) is 65.0 Å². The van der Waals surface area contributed by atoms with Crippen LogP contribution in [0.5, 0.6) is 0 Å². The summed E-state index contributed by atoms with van der Waals surface area (Å²) < 4.78 is 0. The molecule has 0 bridgehead atoms. The van der Waals surface area contributed by atoms with E-state index in [0.29, 0.717) is 0 Å². The average molecular weight is 269 g/mol. The zero-order chi connectivity index (χ0) is 14.3. The summed E-state index contributed by atoms with van der Waals surface area (Å²) in [5, 5.41) is 3.13. The summed E-state index contributed by atoms with van der Waals surface area (Å²) in [4.78, 5) is 14.5. The highest BCUT2D eigenvalue weighted by molar-refractivity contribution is 5.78. The summed E-state index contributed by atoms with van der Waals surface area (Å²) >= 11 is 0. The summed E-state index contributed by atoms with van der Waals surface area (Å²) in [6, 6.07) is 0.492. The first kappa shape index (κ1) is 16.4. The van der Waals surface area contributed by atoms with Crippen molar-refractivity contribution in [2.75, 3.05) is 19.6 Å². The van der Waals surface area contributed by atoms with E-state index in [1.807, 2.05) is 13.8 Å². The second-order valence-electron chi connectivity index (χ2n) is 6.23. The lowest BCUT2D eigenvalue weighted by atomic mass is 10.0. The molecule has 1 heterocycles. The maximum Gasteiger partial charge on any atom is 0.223 e. The molecule has 0 spiro atoms. The van der Waals surface area contributed by atoms with Gasteiger partial charge in [0, 0.05) is 24.5 Å². The SMILES string of the molecule is CC(N)CCCC(C)C(=O)NC(C)CN1CCCC1. The van der Waals surface area contributed by atoms with Gasteiger partial charge in [-0.3, -0.25) is 4.79 Å². The molecule has 0 saturated carbocycles. The molecule has 1 rings (SSSR count). The molecular weight excluding hydrogens is 238 g/mol. The highest BCUT2D eigenvalue weighted by atomic mass is 16.1. The fourth-order valence-electron chi connectivity index (χ4n) is 2.66. The van der Waals surface area contributed by atoms with E-state index in [1.165, 1.54) is 25.9 Å². The minimum Gasteiger partial charge on any atom is -0.352 e. The van der Waals surface area contributed by atoms with Gasteiger partial charge in [0.1, 0.15) is 0 Å². The molecule has 0 aromatic heterocycles. The van der Waals surface area contributed by atoms with E-state index in [2.05, 4.69) is 17.1 Å². The molecule has 3 unspecified atom stereocenters. The second-order valence-corrected chi connectivity index (χ2v) is 6.23. The summed E-state index contributed by atoms with van der Waals surface area (Å²) in [6.07, 6.45) is 5.57. The van der Waals surface area contributed by atoms with Crippen LogP contribution < -0.4 is 11.1 Å². The Hall–Kier alpha value is -0.610. The molecule has 0 aliphatic carbocycles. The van der Waals surface area contributed by atoms with Gasteiger partial charge in [-0.2, -0.15) is 0 Å². The van der Waals surface area contributed by atoms with Gasteiger partial charge in [-0.05, 0) is 52.6 Å². The van der Waals surface area contributed by atoms with Gasteiger partial charge < -0.3 is 16.0 Å². The van der Waals surface area contributed by atoms with Gasteiger partial charge in [0.05, 0.1) is 0 Å². The van der Waals surface area contributed by atoms with Gasteiger partial charge in [0.2, 0.25) is 5.91 Å². The Bertz CT molecular complexity index is 262. The monoisotopic (exact) mass is 269 g/mol. The second kappa shape index (κ2) is 8.54. The molecule has 4 heteroatoms. The number of nitrogens with zero attached hydrogens (tertiary/aromatic N) is 1. The normalized spacial score (nSPS) is 21.1. The molecule has 3 atom stereocenters. The van der Waals surface area contributed by atoms with E-state index >= 15 is 0 Å².